The second-order valence-corrected chi connectivity index (χ2v) is 13.3. The second-order valence-electron chi connectivity index (χ2n) is 13.3. The molecule has 4 atom stereocenters. The Morgan fingerprint density at radius 2 is 1.58 bits per heavy atom. The number of alkyl halides is 2. The lowest BCUT2D eigenvalue weighted by atomic mass is 9.98. The van der Waals surface area contributed by atoms with Crippen LogP contribution in [0.4, 0.5) is 8.78 Å². The Hall–Kier alpha value is -3.96. The highest BCUT2D eigenvalue weighted by atomic mass is 19.3. The van der Waals surface area contributed by atoms with E-state index in [1.807, 2.05) is 36.4 Å². The molecule has 5 aromatic rings. The minimum atomic E-state index is -3.13. The van der Waals surface area contributed by atoms with E-state index in [4.69, 9.17) is 14.5 Å². The van der Waals surface area contributed by atoms with Crippen LogP contribution in [0, 0.1) is 5.92 Å². The minimum absolute atomic E-state index is 0.0148. The fourth-order valence-electron chi connectivity index (χ4n) is 8.39. The molecule has 1 saturated carbocycles. The van der Waals surface area contributed by atoms with E-state index in [0.717, 1.165) is 33.8 Å². The quantitative estimate of drug-likeness (QED) is 0.191. The van der Waals surface area contributed by atoms with Crippen molar-refractivity contribution in [3.8, 4) is 33.5 Å². The van der Waals surface area contributed by atoms with Crippen molar-refractivity contribution in [1.29, 1.82) is 0 Å². The maximum atomic E-state index is 16.2. The van der Waals surface area contributed by atoms with E-state index < -0.39 is 11.7 Å². The van der Waals surface area contributed by atoms with Crippen molar-refractivity contribution < 1.29 is 18.3 Å². The first-order chi connectivity index (χ1) is 21.9. The number of nitrogens with zero attached hydrogens (tertiary/aromatic N) is 2. The van der Waals surface area contributed by atoms with Gasteiger partial charge in [0.25, 0.3) is 5.92 Å². The summed E-state index contributed by atoms with van der Waals surface area (Å²) in [6.07, 6.45) is 6.06. The molecule has 4 N–H and O–H groups in total. The lowest BCUT2D eigenvalue weighted by Crippen LogP contribution is -2.32. The molecule has 2 aromatic heterocycles. The Kier molecular flexibility index (Phi) is 5.43. The molecule has 1 unspecified atom stereocenters. The number of H-pyrrole nitrogens is 2. The zero-order valence-electron chi connectivity index (χ0n) is 24.5. The molecular formula is C35H32F2N6O2. The second kappa shape index (κ2) is 9.29. The summed E-state index contributed by atoms with van der Waals surface area (Å²) in [5.41, 5.74) is 6.02. The standard InChI is InChI=1S/C35H32F2N6O2/c36-35(37)25-12-18(19-4-8-27-28(14-19)42-33(41-27)31-21-1-5-22(11-21)40-31)2-6-23(25)24-7-3-20(13-26(24)35)30-16-38-32(43-30)29-15-34(17-39-29)44-9-10-45-34/h2-4,6-8,12-14,16,21-22,29,31,39-40H,1,5,9-11,15,17H2,(H,38,43)(H,41,42)/t21?,22-,29-,31+/m1/s1. The normalized spacial score (nSPS) is 27.2. The first-order valence-electron chi connectivity index (χ1n) is 15.9. The zero-order chi connectivity index (χ0) is 29.9. The number of aromatic amines is 2. The van der Waals surface area contributed by atoms with Crippen LogP contribution in [0.1, 0.15) is 60.5 Å². The summed E-state index contributed by atoms with van der Waals surface area (Å²) in [6, 6.07) is 17.5. The van der Waals surface area contributed by atoms with Crippen LogP contribution in [0.2, 0.25) is 0 Å². The molecule has 45 heavy (non-hydrogen) atoms. The summed E-state index contributed by atoms with van der Waals surface area (Å²) >= 11 is 0. The van der Waals surface area contributed by atoms with Gasteiger partial charge >= 0.3 is 0 Å². The Morgan fingerprint density at radius 3 is 2.36 bits per heavy atom. The van der Waals surface area contributed by atoms with E-state index >= 15 is 8.78 Å². The Bertz CT molecular complexity index is 2000. The van der Waals surface area contributed by atoms with E-state index in [9.17, 15) is 0 Å². The number of benzene rings is 3. The van der Waals surface area contributed by atoms with Crippen molar-refractivity contribution in [2.24, 2.45) is 5.92 Å². The minimum Gasteiger partial charge on any atom is -0.346 e. The summed E-state index contributed by atoms with van der Waals surface area (Å²) in [7, 11) is 0. The van der Waals surface area contributed by atoms with Crippen molar-refractivity contribution in [2.45, 2.75) is 55.5 Å². The van der Waals surface area contributed by atoms with Crippen molar-refractivity contribution >= 4 is 11.0 Å². The third kappa shape index (κ3) is 3.95. The molecule has 1 spiro atoms. The highest BCUT2D eigenvalue weighted by molar-refractivity contribution is 5.86. The molecule has 2 bridgehead atoms. The number of piperidine rings is 1. The number of hydrogen-bond acceptors (Lipinski definition) is 6. The molecule has 0 radical (unpaired) electrons. The van der Waals surface area contributed by atoms with Gasteiger partial charge in [-0.2, -0.15) is 8.78 Å². The van der Waals surface area contributed by atoms with Crippen LogP contribution in [0.25, 0.3) is 44.5 Å². The molecular weight excluding hydrogens is 574 g/mol. The lowest BCUT2D eigenvalue weighted by molar-refractivity contribution is -0.141. The number of hydrogen-bond donors (Lipinski definition) is 4. The van der Waals surface area contributed by atoms with Gasteiger partial charge in [-0.25, -0.2) is 9.97 Å². The Balaban J connectivity index is 0.936. The maximum Gasteiger partial charge on any atom is 0.299 e. The van der Waals surface area contributed by atoms with E-state index in [0.29, 0.717) is 60.5 Å². The Labute approximate surface area is 258 Å². The van der Waals surface area contributed by atoms with E-state index in [1.165, 1.54) is 19.3 Å². The number of ether oxygens (including phenoxy) is 2. The lowest BCUT2D eigenvalue weighted by Gasteiger charge is -2.20. The van der Waals surface area contributed by atoms with Gasteiger partial charge < -0.3 is 30.1 Å². The third-order valence-electron chi connectivity index (χ3n) is 10.7. The van der Waals surface area contributed by atoms with Gasteiger partial charge in [-0.3, -0.25) is 0 Å². The first-order valence-corrected chi connectivity index (χ1v) is 15.9. The van der Waals surface area contributed by atoms with Gasteiger partial charge in [0.2, 0.25) is 0 Å². The van der Waals surface area contributed by atoms with Crippen LogP contribution in [0.5, 0.6) is 0 Å². The van der Waals surface area contributed by atoms with Crippen LogP contribution >= 0.6 is 0 Å². The molecule has 8 nitrogen and oxygen atoms in total. The summed E-state index contributed by atoms with van der Waals surface area (Å²) in [6.45, 7) is 1.77. The predicted octanol–water partition coefficient (Wildman–Crippen LogP) is 6.33. The van der Waals surface area contributed by atoms with Crippen molar-refractivity contribution in [3.63, 3.8) is 0 Å². The van der Waals surface area contributed by atoms with Gasteiger partial charge in [-0.1, -0.05) is 30.3 Å². The van der Waals surface area contributed by atoms with Gasteiger partial charge in [0, 0.05) is 29.2 Å². The van der Waals surface area contributed by atoms with Gasteiger partial charge in [0.1, 0.15) is 11.6 Å². The molecule has 3 saturated heterocycles. The van der Waals surface area contributed by atoms with Crippen LogP contribution < -0.4 is 10.6 Å². The molecule has 0 amide bonds. The van der Waals surface area contributed by atoms with Gasteiger partial charge in [0.15, 0.2) is 5.79 Å². The van der Waals surface area contributed by atoms with E-state index in [1.54, 1.807) is 24.4 Å². The summed E-state index contributed by atoms with van der Waals surface area (Å²) < 4.78 is 43.9. The fourth-order valence-corrected chi connectivity index (χ4v) is 8.39. The van der Waals surface area contributed by atoms with Crippen LogP contribution in [-0.4, -0.2) is 51.5 Å². The molecule has 5 aliphatic rings. The number of imidazole rings is 2. The molecule has 5 heterocycles. The van der Waals surface area contributed by atoms with Gasteiger partial charge in [-0.05, 0) is 71.7 Å². The number of nitrogens with one attached hydrogen (secondary N) is 4. The van der Waals surface area contributed by atoms with E-state index in [2.05, 4.69) is 25.6 Å². The first kappa shape index (κ1) is 26.3. The summed E-state index contributed by atoms with van der Waals surface area (Å²) in [5, 5.41) is 7.12. The molecule has 2 aliphatic carbocycles. The van der Waals surface area contributed by atoms with Crippen molar-refractivity contribution in [2.75, 3.05) is 19.8 Å². The number of aromatic nitrogens is 4. The number of rotatable bonds is 4. The average Bonchev–Trinajstić information content (AvgIpc) is 3.91. The molecule has 3 aliphatic heterocycles. The SMILES string of the molecule is FC1(F)c2cc(-c3ccc4nc([C@H]5N[C@@H]6CCC5C6)[nH]c4c3)ccc2-c2ccc(-c3cnc([C@H]4CC5(CN4)OCCO5)[nH]3)cc21. The summed E-state index contributed by atoms with van der Waals surface area (Å²) in [4.78, 5) is 16.3. The van der Waals surface area contributed by atoms with Crippen LogP contribution in [0.3, 0.4) is 0 Å². The van der Waals surface area contributed by atoms with Crippen molar-refractivity contribution in [1.82, 2.24) is 30.6 Å². The molecule has 4 fully saturated rings. The fraction of sp³-hybridized carbons (Fsp3) is 0.371. The van der Waals surface area contributed by atoms with Gasteiger partial charge in [0.05, 0.1) is 54.8 Å². The zero-order valence-corrected chi connectivity index (χ0v) is 24.5. The predicted molar refractivity (Wildman–Crippen MR) is 165 cm³/mol. The van der Waals surface area contributed by atoms with Crippen molar-refractivity contribution in [3.05, 3.63) is 83.6 Å². The topological polar surface area (TPSA) is 99.9 Å². The summed E-state index contributed by atoms with van der Waals surface area (Å²) in [5.74, 6) is -1.38. The van der Waals surface area contributed by atoms with Crippen LogP contribution in [0.15, 0.2) is 60.8 Å². The monoisotopic (exact) mass is 606 g/mol. The third-order valence-corrected chi connectivity index (χ3v) is 10.7. The molecule has 10 rings (SSSR count). The molecule has 228 valence electrons. The average molecular weight is 607 g/mol. The van der Waals surface area contributed by atoms with E-state index in [-0.39, 0.29) is 23.2 Å². The molecule has 3 aromatic carbocycles. The number of fused-ring (bicyclic) bond motifs is 6. The Morgan fingerprint density at radius 1 is 0.822 bits per heavy atom. The highest BCUT2D eigenvalue weighted by Gasteiger charge is 2.46. The largest absolute Gasteiger partial charge is 0.346 e. The number of halogens is 2. The van der Waals surface area contributed by atoms with Crippen LogP contribution in [-0.2, 0) is 15.4 Å². The maximum absolute atomic E-state index is 16.2. The highest BCUT2D eigenvalue weighted by Crippen LogP contribution is 2.53. The smallest absolute Gasteiger partial charge is 0.299 e. The molecule has 10 heteroatoms. The van der Waals surface area contributed by atoms with Gasteiger partial charge in [-0.15, -0.1) is 0 Å².